The molecule has 0 radical (unpaired) electrons. The topological polar surface area (TPSA) is 97.8 Å². The molecule has 0 fully saturated rings. The second-order valence-corrected chi connectivity index (χ2v) is 7.45. The van der Waals surface area contributed by atoms with Gasteiger partial charge < -0.3 is 14.3 Å². The van der Waals surface area contributed by atoms with E-state index < -0.39 is 17.8 Å². The van der Waals surface area contributed by atoms with Crippen LogP contribution >= 0.6 is 0 Å². The summed E-state index contributed by atoms with van der Waals surface area (Å²) >= 11 is 0. The molecule has 0 aliphatic carbocycles. The molecule has 1 aromatic heterocycles. The predicted octanol–water partition coefficient (Wildman–Crippen LogP) is 4.36. The van der Waals surface area contributed by atoms with Gasteiger partial charge in [0.1, 0.15) is 11.7 Å². The van der Waals surface area contributed by atoms with Gasteiger partial charge in [0.2, 0.25) is 11.8 Å². The molecule has 2 atom stereocenters. The van der Waals surface area contributed by atoms with Gasteiger partial charge in [-0.1, -0.05) is 48.5 Å². The first-order valence-electron chi connectivity index (χ1n) is 9.98. The molecular weight excluding hydrogens is 394 g/mol. The molecule has 7 nitrogen and oxygen atoms in total. The van der Waals surface area contributed by atoms with Crippen molar-refractivity contribution in [2.24, 2.45) is 10.9 Å². The van der Waals surface area contributed by atoms with Crippen LogP contribution in [-0.2, 0) is 11.2 Å². The van der Waals surface area contributed by atoms with Crippen LogP contribution in [0.4, 0.5) is 0 Å². The van der Waals surface area contributed by atoms with Gasteiger partial charge in [0, 0.05) is 28.5 Å². The van der Waals surface area contributed by atoms with E-state index in [9.17, 15) is 9.90 Å². The first kappa shape index (κ1) is 20.5. The molecule has 2 unspecified atom stereocenters. The zero-order chi connectivity index (χ0) is 22.0. The summed E-state index contributed by atoms with van der Waals surface area (Å²) < 4.78 is 11.5. The van der Waals surface area contributed by atoms with Crippen LogP contribution in [0.1, 0.15) is 42.7 Å². The van der Waals surface area contributed by atoms with Gasteiger partial charge in [-0.05, 0) is 25.5 Å². The zero-order valence-electron chi connectivity index (χ0n) is 17.6. The number of hydrogen-bond acceptors (Lipinski definition) is 6. The Labute approximate surface area is 180 Å². The van der Waals surface area contributed by atoms with E-state index in [2.05, 4.69) is 15.2 Å². The first-order valence-corrected chi connectivity index (χ1v) is 9.98. The van der Waals surface area contributed by atoms with E-state index in [0.29, 0.717) is 35.0 Å². The van der Waals surface area contributed by atoms with Gasteiger partial charge in [-0.25, -0.2) is 0 Å². The molecule has 158 valence electrons. The third-order valence-corrected chi connectivity index (χ3v) is 5.46. The number of rotatable bonds is 6. The summed E-state index contributed by atoms with van der Waals surface area (Å²) in [7, 11) is 1.57. The van der Waals surface area contributed by atoms with Gasteiger partial charge in [0.25, 0.3) is 0 Å². The minimum Gasteiger partial charge on any atom is -0.496 e. The van der Waals surface area contributed by atoms with Crippen LogP contribution in [-0.4, -0.2) is 34.1 Å². The Morgan fingerprint density at radius 3 is 2.48 bits per heavy atom. The maximum Gasteiger partial charge on any atom is 0.313 e. The number of para-hydroxylation sites is 1. The quantitative estimate of drug-likeness (QED) is 0.640. The first-order chi connectivity index (χ1) is 15.0. The zero-order valence-corrected chi connectivity index (χ0v) is 17.6. The Bertz CT molecular complexity index is 1160. The molecule has 31 heavy (non-hydrogen) atoms. The molecule has 0 saturated carbocycles. The molecular formula is C24H23N3O4. The van der Waals surface area contributed by atoms with Gasteiger partial charge in [-0.3, -0.25) is 9.79 Å². The number of benzene rings is 2. The molecule has 0 amide bonds. The summed E-state index contributed by atoms with van der Waals surface area (Å²) in [5.41, 5.74) is 3.57. The summed E-state index contributed by atoms with van der Waals surface area (Å²) in [6.07, 6.45) is 0.490. The van der Waals surface area contributed by atoms with E-state index in [1.54, 1.807) is 14.0 Å². The number of aromatic nitrogens is 2. The van der Waals surface area contributed by atoms with E-state index in [4.69, 9.17) is 9.15 Å². The average Bonchev–Trinajstić information content (AvgIpc) is 3.21. The molecule has 2 heterocycles. The Hall–Kier alpha value is -3.74. The maximum absolute atomic E-state index is 12.3. The van der Waals surface area contributed by atoms with Crippen LogP contribution in [0.25, 0.3) is 5.57 Å². The fourth-order valence-electron chi connectivity index (χ4n) is 4.10. The maximum atomic E-state index is 12.3. The molecule has 0 saturated heterocycles. The Morgan fingerprint density at radius 1 is 1.06 bits per heavy atom. The fraction of sp³-hybridized carbons (Fsp3) is 0.250. The summed E-state index contributed by atoms with van der Waals surface area (Å²) in [4.78, 5) is 16.8. The Morgan fingerprint density at radius 2 is 1.77 bits per heavy atom. The largest absolute Gasteiger partial charge is 0.496 e. The molecule has 1 aliphatic heterocycles. The monoisotopic (exact) mass is 417 g/mol. The minimum absolute atomic E-state index is 0.279. The predicted molar refractivity (Wildman–Crippen MR) is 116 cm³/mol. The summed E-state index contributed by atoms with van der Waals surface area (Å²) in [5, 5.41) is 18.5. The number of allylic oxidation sites excluding steroid dienone is 2. The van der Waals surface area contributed by atoms with Gasteiger partial charge in [0.05, 0.1) is 13.5 Å². The molecule has 0 bridgehead atoms. The third-order valence-electron chi connectivity index (χ3n) is 5.46. The number of nitrogens with zero attached hydrogens (tertiary/aromatic N) is 3. The van der Waals surface area contributed by atoms with Crippen molar-refractivity contribution in [2.45, 2.75) is 26.2 Å². The highest BCUT2D eigenvalue weighted by molar-refractivity contribution is 6.05. The Kier molecular flexibility index (Phi) is 5.66. The van der Waals surface area contributed by atoms with Crippen molar-refractivity contribution in [3.63, 3.8) is 0 Å². The Balaban J connectivity index is 1.82. The van der Waals surface area contributed by atoms with Crippen molar-refractivity contribution in [1.82, 2.24) is 10.2 Å². The van der Waals surface area contributed by atoms with Gasteiger partial charge in [0.15, 0.2) is 0 Å². The molecule has 0 spiro atoms. The van der Waals surface area contributed by atoms with Crippen LogP contribution in [0.3, 0.4) is 0 Å². The van der Waals surface area contributed by atoms with E-state index in [1.165, 1.54) is 0 Å². The lowest BCUT2D eigenvalue weighted by atomic mass is 9.75. The highest BCUT2D eigenvalue weighted by Crippen LogP contribution is 2.46. The fourth-order valence-corrected chi connectivity index (χ4v) is 4.10. The van der Waals surface area contributed by atoms with Gasteiger partial charge in [-0.2, -0.15) is 0 Å². The highest BCUT2D eigenvalue weighted by Gasteiger charge is 2.42. The number of carboxylic acid groups (broad SMARTS) is 1. The standard InChI is InChI=1S/C24H23N3O4/c1-14-20(23-27-26-19(31-23)13-16-9-5-4-6-10-16)22(21(24(28)29)15(2)25-14)17-11-7-8-12-18(17)30-3/h4-12,21-22H,13H2,1-3H3,(H,28,29). The number of carboxylic acids is 1. The summed E-state index contributed by atoms with van der Waals surface area (Å²) in [6.45, 7) is 3.57. The lowest BCUT2D eigenvalue weighted by Gasteiger charge is -2.30. The van der Waals surface area contributed by atoms with Crippen molar-refractivity contribution in [1.29, 1.82) is 0 Å². The number of aliphatic carboxylic acids is 1. The third kappa shape index (κ3) is 3.99. The smallest absolute Gasteiger partial charge is 0.313 e. The lowest BCUT2D eigenvalue weighted by Crippen LogP contribution is -2.32. The van der Waals surface area contributed by atoms with Crippen molar-refractivity contribution in [2.75, 3.05) is 7.11 Å². The van der Waals surface area contributed by atoms with Crippen LogP contribution in [0.15, 0.2) is 69.7 Å². The van der Waals surface area contributed by atoms with Gasteiger partial charge in [-0.15, -0.1) is 10.2 Å². The summed E-state index contributed by atoms with van der Waals surface area (Å²) in [6, 6.07) is 17.2. The van der Waals surface area contributed by atoms with Crippen LogP contribution < -0.4 is 4.74 Å². The lowest BCUT2D eigenvalue weighted by molar-refractivity contribution is -0.139. The van der Waals surface area contributed by atoms with Crippen LogP contribution in [0.5, 0.6) is 5.75 Å². The van der Waals surface area contributed by atoms with Gasteiger partial charge >= 0.3 is 5.97 Å². The number of aliphatic imine (C=N–C) groups is 1. The number of methoxy groups -OCH3 is 1. The minimum atomic E-state index is -0.966. The van der Waals surface area contributed by atoms with Crippen molar-refractivity contribution in [3.8, 4) is 5.75 Å². The second-order valence-electron chi connectivity index (χ2n) is 7.45. The average molecular weight is 417 g/mol. The molecule has 1 aliphatic rings. The van der Waals surface area contributed by atoms with Crippen LogP contribution in [0, 0.1) is 5.92 Å². The van der Waals surface area contributed by atoms with E-state index >= 15 is 0 Å². The van der Waals surface area contributed by atoms with Crippen LogP contribution in [0.2, 0.25) is 0 Å². The highest BCUT2D eigenvalue weighted by atomic mass is 16.5. The van der Waals surface area contributed by atoms with Crippen molar-refractivity contribution < 1.29 is 19.1 Å². The normalized spacial score (nSPS) is 18.6. The second kappa shape index (κ2) is 8.55. The van der Waals surface area contributed by atoms with E-state index in [0.717, 1.165) is 11.1 Å². The molecule has 2 aromatic carbocycles. The van der Waals surface area contributed by atoms with Crippen molar-refractivity contribution >= 4 is 17.3 Å². The number of ether oxygens (including phenoxy) is 1. The SMILES string of the molecule is COc1ccccc1C1C(c2nnc(Cc3ccccc3)o2)=C(C)N=C(C)C1C(=O)O. The number of hydrogen-bond donors (Lipinski definition) is 1. The van der Waals surface area contributed by atoms with E-state index in [-0.39, 0.29) is 5.89 Å². The van der Waals surface area contributed by atoms with Crippen molar-refractivity contribution in [3.05, 3.63) is 83.2 Å². The number of carbonyl (C=O) groups is 1. The molecule has 4 rings (SSSR count). The summed E-state index contributed by atoms with van der Waals surface area (Å²) in [5.74, 6) is -1.08. The molecule has 7 heteroatoms. The molecule has 3 aromatic rings. The van der Waals surface area contributed by atoms with E-state index in [1.807, 2.05) is 61.5 Å². The molecule has 1 N–H and O–H groups in total.